The molecule has 7 heteroatoms. The zero-order valence-corrected chi connectivity index (χ0v) is 20.9. The van der Waals surface area contributed by atoms with Gasteiger partial charge in [0.05, 0.1) is 23.1 Å². The molecule has 2 aromatic heterocycles. The van der Waals surface area contributed by atoms with Gasteiger partial charge in [-0.2, -0.15) is 5.26 Å². The standard InChI is InChI=1S/C26H37FN6/c1-9-10-23(19(5)30-17(3)13-26(6,7)8)32-24-16(2)11-20(14-28)25(33-24)31-21-12-22(27)18(4)29-15-21/h11-12,15,19,23,30H,3,9-10,13H2,1-2,4-8H3,(H2,31,32,33). The molecule has 33 heavy (non-hydrogen) atoms. The molecule has 0 bridgehead atoms. The number of hydrogen-bond donors (Lipinski definition) is 3. The molecule has 0 aliphatic rings. The number of nitriles is 1. The molecule has 2 unspecified atom stereocenters. The molecule has 0 radical (unpaired) electrons. The predicted molar refractivity (Wildman–Crippen MR) is 134 cm³/mol. The van der Waals surface area contributed by atoms with Crippen molar-refractivity contribution < 1.29 is 4.39 Å². The summed E-state index contributed by atoms with van der Waals surface area (Å²) in [5.41, 5.74) is 3.18. The number of anilines is 3. The molecule has 0 fully saturated rings. The fourth-order valence-corrected chi connectivity index (χ4v) is 3.70. The molecule has 2 atom stereocenters. The molecule has 6 nitrogen and oxygen atoms in total. The number of nitrogens with one attached hydrogen (secondary N) is 3. The van der Waals surface area contributed by atoms with Gasteiger partial charge in [0.25, 0.3) is 0 Å². The van der Waals surface area contributed by atoms with Gasteiger partial charge in [0.1, 0.15) is 17.7 Å². The van der Waals surface area contributed by atoms with Gasteiger partial charge in [0, 0.05) is 23.8 Å². The average Bonchev–Trinajstić information content (AvgIpc) is 2.70. The fourth-order valence-electron chi connectivity index (χ4n) is 3.70. The van der Waals surface area contributed by atoms with E-state index in [9.17, 15) is 9.65 Å². The van der Waals surface area contributed by atoms with Crippen LogP contribution in [0.3, 0.4) is 0 Å². The van der Waals surface area contributed by atoms with Crippen LogP contribution in [0.2, 0.25) is 0 Å². The maximum atomic E-state index is 13.9. The Labute approximate surface area is 197 Å². The van der Waals surface area contributed by atoms with Crippen LogP contribution in [-0.2, 0) is 0 Å². The van der Waals surface area contributed by atoms with Gasteiger partial charge in [-0.25, -0.2) is 9.37 Å². The van der Waals surface area contributed by atoms with E-state index in [-0.39, 0.29) is 17.5 Å². The molecule has 2 heterocycles. The van der Waals surface area contributed by atoms with Gasteiger partial charge in [-0.05, 0) is 50.7 Å². The third kappa shape index (κ3) is 7.74. The molecule has 0 aliphatic carbocycles. The lowest BCUT2D eigenvalue weighted by Gasteiger charge is -2.30. The smallest absolute Gasteiger partial charge is 0.150 e. The monoisotopic (exact) mass is 452 g/mol. The summed E-state index contributed by atoms with van der Waals surface area (Å²) in [5.74, 6) is 0.636. The van der Waals surface area contributed by atoms with Crippen molar-refractivity contribution >= 4 is 17.3 Å². The maximum absolute atomic E-state index is 13.9. The Bertz CT molecular complexity index is 1020. The molecule has 0 aromatic carbocycles. The van der Waals surface area contributed by atoms with Gasteiger partial charge in [-0.3, -0.25) is 4.98 Å². The van der Waals surface area contributed by atoms with Crippen LogP contribution in [0, 0.1) is 36.4 Å². The van der Waals surface area contributed by atoms with Gasteiger partial charge in [-0.15, -0.1) is 0 Å². The number of nitrogens with zero attached hydrogens (tertiary/aromatic N) is 3. The first kappa shape index (κ1) is 26.1. The predicted octanol–water partition coefficient (Wildman–Crippen LogP) is 6.36. The van der Waals surface area contributed by atoms with Gasteiger partial charge < -0.3 is 16.0 Å². The summed E-state index contributed by atoms with van der Waals surface area (Å²) in [6.45, 7) is 18.6. The first-order valence-electron chi connectivity index (χ1n) is 11.4. The van der Waals surface area contributed by atoms with E-state index in [4.69, 9.17) is 0 Å². The van der Waals surface area contributed by atoms with Gasteiger partial charge >= 0.3 is 0 Å². The molecular weight excluding hydrogens is 415 g/mol. The lowest BCUT2D eigenvalue weighted by molar-refractivity contribution is 0.383. The van der Waals surface area contributed by atoms with Crippen LogP contribution in [0.4, 0.5) is 21.7 Å². The zero-order chi connectivity index (χ0) is 24.8. The minimum absolute atomic E-state index is 0.109. The second kappa shape index (κ2) is 11.1. The second-order valence-corrected chi connectivity index (χ2v) is 9.89. The Morgan fingerprint density at radius 2 is 1.94 bits per heavy atom. The highest BCUT2D eigenvalue weighted by molar-refractivity contribution is 5.66. The molecular formula is C26H37FN6. The number of allylic oxidation sites excluding steroid dienone is 1. The maximum Gasteiger partial charge on any atom is 0.150 e. The van der Waals surface area contributed by atoms with Gasteiger partial charge in [0.2, 0.25) is 0 Å². The molecule has 0 saturated carbocycles. The van der Waals surface area contributed by atoms with Crippen LogP contribution in [0.1, 0.15) is 70.7 Å². The molecule has 0 saturated heterocycles. The summed E-state index contributed by atoms with van der Waals surface area (Å²) in [6, 6.07) is 5.54. The van der Waals surface area contributed by atoms with Crippen LogP contribution in [0.5, 0.6) is 0 Å². The summed E-state index contributed by atoms with van der Waals surface area (Å²) >= 11 is 0. The first-order valence-corrected chi connectivity index (χ1v) is 11.4. The molecule has 2 rings (SSSR count). The summed E-state index contributed by atoms with van der Waals surface area (Å²) in [4.78, 5) is 8.73. The molecule has 0 amide bonds. The van der Waals surface area contributed by atoms with Crippen molar-refractivity contribution in [1.29, 1.82) is 5.26 Å². The Morgan fingerprint density at radius 1 is 1.24 bits per heavy atom. The lowest BCUT2D eigenvalue weighted by atomic mass is 9.90. The Kier molecular flexibility index (Phi) is 8.81. The number of aryl methyl sites for hydroxylation is 2. The quantitative estimate of drug-likeness (QED) is 0.389. The topological polar surface area (TPSA) is 85.7 Å². The molecule has 178 valence electrons. The van der Waals surface area contributed by atoms with E-state index >= 15 is 0 Å². The highest BCUT2D eigenvalue weighted by atomic mass is 19.1. The Morgan fingerprint density at radius 3 is 2.52 bits per heavy atom. The van der Waals surface area contributed by atoms with E-state index in [2.05, 4.69) is 73.2 Å². The Hall–Kier alpha value is -3.14. The summed E-state index contributed by atoms with van der Waals surface area (Å²) < 4.78 is 13.9. The fraction of sp³-hybridized carbons (Fsp3) is 0.500. The largest absolute Gasteiger partial charge is 0.384 e. The van der Waals surface area contributed by atoms with E-state index < -0.39 is 5.82 Å². The molecule has 3 N–H and O–H groups in total. The summed E-state index contributed by atoms with van der Waals surface area (Å²) in [6.07, 6.45) is 4.36. The van der Waals surface area contributed by atoms with Crippen LogP contribution >= 0.6 is 0 Å². The van der Waals surface area contributed by atoms with Crippen molar-refractivity contribution in [3.63, 3.8) is 0 Å². The van der Waals surface area contributed by atoms with Crippen molar-refractivity contribution in [3.8, 4) is 6.07 Å². The number of hydrogen-bond acceptors (Lipinski definition) is 6. The van der Waals surface area contributed by atoms with E-state index in [0.717, 1.165) is 30.5 Å². The van der Waals surface area contributed by atoms with Crippen LogP contribution in [-0.4, -0.2) is 22.1 Å². The van der Waals surface area contributed by atoms with Crippen molar-refractivity contribution in [2.24, 2.45) is 5.41 Å². The van der Waals surface area contributed by atoms with E-state index in [0.29, 0.717) is 28.6 Å². The van der Waals surface area contributed by atoms with Crippen LogP contribution in [0.15, 0.2) is 30.6 Å². The second-order valence-electron chi connectivity index (χ2n) is 9.89. The van der Waals surface area contributed by atoms with Crippen molar-refractivity contribution in [2.45, 2.75) is 79.8 Å². The molecule has 2 aromatic rings. The third-order valence-corrected chi connectivity index (χ3v) is 5.32. The minimum atomic E-state index is -0.414. The van der Waals surface area contributed by atoms with Crippen molar-refractivity contribution in [1.82, 2.24) is 15.3 Å². The summed E-state index contributed by atoms with van der Waals surface area (Å²) in [5, 5.41) is 19.7. The summed E-state index contributed by atoms with van der Waals surface area (Å²) in [7, 11) is 0. The number of halogens is 1. The van der Waals surface area contributed by atoms with E-state index in [1.54, 1.807) is 13.0 Å². The first-order chi connectivity index (χ1) is 15.4. The van der Waals surface area contributed by atoms with Crippen molar-refractivity contribution in [3.05, 3.63) is 53.2 Å². The lowest BCUT2D eigenvalue weighted by Crippen LogP contribution is -2.42. The highest BCUT2D eigenvalue weighted by Crippen LogP contribution is 2.26. The SMILES string of the molecule is C=C(CC(C)(C)C)NC(C)C(CCC)Nc1nc(Nc2cnc(C)c(F)c2)c(C#N)cc1C. The van der Waals surface area contributed by atoms with Crippen molar-refractivity contribution in [2.75, 3.05) is 10.6 Å². The zero-order valence-electron chi connectivity index (χ0n) is 20.9. The average molecular weight is 453 g/mol. The molecule has 0 spiro atoms. The Balaban J connectivity index is 2.27. The van der Waals surface area contributed by atoms with E-state index in [1.165, 1.54) is 12.3 Å². The minimum Gasteiger partial charge on any atom is -0.384 e. The number of rotatable bonds is 10. The van der Waals surface area contributed by atoms with E-state index in [1.807, 2.05) is 6.92 Å². The van der Waals surface area contributed by atoms with Crippen LogP contribution in [0.25, 0.3) is 0 Å². The highest BCUT2D eigenvalue weighted by Gasteiger charge is 2.21. The van der Waals surface area contributed by atoms with Gasteiger partial charge in [0.15, 0.2) is 5.82 Å². The number of pyridine rings is 2. The normalized spacial score (nSPS) is 13.1. The van der Waals surface area contributed by atoms with Crippen LogP contribution < -0.4 is 16.0 Å². The third-order valence-electron chi connectivity index (χ3n) is 5.32. The van der Waals surface area contributed by atoms with Gasteiger partial charge in [-0.1, -0.05) is 40.7 Å². The number of aromatic nitrogens is 2. The molecule has 0 aliphatic heterocycles.